The van der Waals surface area contributed by atoms with Crippen molar-refractivity contribution >= 4 is 23.7 Å². The first kappa shape index (κ1) is 22.8. The minimum Gasteiger partial charge on any atom is -0.458 e. The zero-order valence-corrected chi connectivity index (χ0v) is 17.6. The SMILES string of the molecule is C/C=C1\C[C@H](C)[C@@](C)(OC(C)=O)C(=O)OC/C2=C/CN(C)CC[C@H](OC1=O)C2=O. The molecule has 8 heteroatoms. The summed E-state index contributed by atoms with van der Waals surface area (Å²) in [6.45, 7) is 6.83. The third-order valence-electron chi connectivity index (χ3n) is 5.48. The molecule has 0 aromatic carbocycles. The van der Waals surface area contributed by atoms with Crippen molar-refractivity contribution in [3.8, 4) is 0 Å². The maximum atomic E-state index is 12.9. The molecule has 1 saturated heterocycles. The third kappa shape index (κ3) is 5.32. The van der Waals surface area contributed by atoms with Crippen LogP contribution >= 0.6 is 0 Å². The quantitative estimate of drug-likeness (QED) is 0.367. The van der Waals surface area contributed by atoms with Gasteiger partial charge in [0.25, 0.3) is 0 Å². The minimum absolute atomic E-state index is 0.123. The first-order chi connectivity index (χ1) is 13.6. The van der Waals surface area contributed by atoms with Crippen molar-refractivity contribution in [2.24, 2.45) is 5.92 Å². The molecule has 1 fully saturated rings. The molecule has 0 aromatic heterocycles. The van der Waals surface area contributed by atoms with Gasteiger partial charge in [0, 0.05) is 43.5 Å². The molecule has 2 heterocycles. The van der Waals surface area contributed by atoms with E-state index in [1.54, 1.807) is 26.0 Å². The van der Waals surface area contributed by atoms with E-state index in [1.807, 2.05) is 11.9 Å². The highest BCUT2D eigenvalue weighted by molar-refractivity contribution is 6.01. The van der Waals surface area contributed by atoms with Gasteiger partial charge in [0.1, 0.15) is 6.61 Å². The fourth-order valence-corrected chi connectivity index (χ4v) is 3.35. The first-order valence-corrected chi connectivity index (χ1v) is 9.73. The molecule has 2 aliphatic rings. The van der Waals surface area contributed by atoms with Gasteiger partial charge in [0.2, 0.25) is 11.4 Å². The Kier molecular flexibility index (Phi) is 7.35. The first-order valence-electron chi connectivity index (χ1n) is 9.73. The van der Waals surface area contributed by atoms with Crippen molar-refractivity contribution in [1.82, 2.24) is 4.90 Å². The van der Waals surface area contributed by atoms with Gasteiger partial charge in [-0.05, 0) is 27.3 Å². The summed E-state index contributed by atoms with van der Waals surface area (Å²) >= 11 is 0. The highest BCUT2D eigenvalue weighted by Crippen LogP contribution is 2.31. The molecule has 0 aliphatic carbocycles. The number of fused-ring (bicyclic) bond motifs is 2. The van der Waals surface area contributed by atoms with Gasteiger partial charge in [-0.25, -0.2) is 9.59 Å². The van der Waals surface area contributed by atoms with E-state index in [0.29, 0.717) is 25.1 Å². The van der Waals surface area contributed by atoms with E-state index < -0.39 is 35.5 Å². The topological polar surface area (TPSA) is 99.2 Å². The number of carbonyl (C=O) groups is 4. The van der Waals surface area contributed by atoms with Crippen LogP contribution in [0, 0.1) is 5.92 Å². The molecule has 0 saturated carbocycles. The maximum Gasteiger partial charge on any atom is 0.350 e. The fraction of sp³-hybridized carbons (Fsp3) is 0.619. The number of hydrogen-bond donors (Lipinski definition) is 0. The Labute approximate surface area is 170 Å². The van der Waals surface area contributed by atoms with Gasteiger partial charge < -0.3 is 19.1 Å². The second-order valence-electron chi connectivity index (χ2n) is 7.73. The van der Waals surface area contributed by atoms with Crippen LogP contribution in [0.4, 0.5) is 0 Å². The number of carbonyl (C=O) groups excluding carboxylic acids is 4. The van der Waals surface area contributed by atoms with Crippen LogP contribution in [0.3, 0.4) is 0 Å². The molecule has 160 valence electrons. The lowest BCUT2D eigenvalue weighted by molar-refractivity contribution is -0.185. The number of hydrogen-bond acceptors (Lipinski definition) is 8. The summed E-state index contributed by atoms with van der Waals surface area (Å²) in [6.07, 6.45) is 2.78. The van der Waals surface area contributed by atoms with E-state index in [0.717, 1.165) is 0 Å². The van der Waals surface area contributed by atoms with Gasteiger partial charge in [0.15, 0.2) is 6.10 Å². The smallest absolute Gasteiger partial charge is 0.350 e. The summed E-state index contributed by atoms with van der Waals surface area (Å²) in [7, 11) is 1.88. The minimum atomic E-state index is -1.61. The lowest BCUT2D eigenvalue weighted by atomic mass is 9.84. The van der Waals surface area contributed by atoms with Crippen LogP contribution < -0.4 is 0 Å². The van der Waals surface area contributed by atoms with E-state index in [-0.39, 0.29) is 24.4 Å². The van der Waals surface area contributed by atoms with Gasteiger partial charge in [-0.3, -0.25) is 9.59 Å². The largest absolute Gasteiger partial charge is 0.458 e. The molecular weight excluding hydrogens is 378 g/mol. The van der Waals surface area contributed by atoms with Gasteiger partial charge in [-0.15, -0.1) is 0 Å². The Morgan fingerprint density at radius 3 is 2.66 bits per heavy atom. The molecule has 29 heavy (non-hydrogen) atoms. The van der Waals surface area contributed by atoms with E-state index in [9.17, 15) is 19.2 Å². The zero-order chi connectivity index (χ0) is 21.8. The number of esters is 3. The van der Waals surface area contributed by atoms with Crippen molar-refractivity contribution in [2.45, 2.75) is 52.2 Å². The summed E-state index contributed by atoms with van der Waals surface area (Å²) < 4.78 is 16.3. The second kappa shape index (κ2) is 9.35. The normalized spacial score (nSPS) is 33.2. The molecule has 0 amide bonds. The molecule has 0 spiro atoms. The molecule has 2 aliphatic heterocycles. The Bertz CT molecular complexity index is 754. The molecule has 0 unspecified atom stereocenters. The highest BCUT2D eigenvalue weighted by Gasteiger charge is 2.45. The number of allylic oxidation sites excluding steroid dienone is 1. The number of cyclic esters (lactones) is 1. The van der Waals surface area contributed by atoms with E-state index in [2.05, 4.69) is 0 Å². The molecule has 0 radical (unpaired) electrons. The Morgan fingerprint density at radius 1 is 1.34 bits per heavy atom. The van der Waals surface area contributed by atoms with E-state index >= 15 is 0 Å². The molecule has 3 atom stereocenters. The predicted molar refractivity (Wildman–Crippen MR) is 104 cm³/mol. The Hall–Kier alpha value is -2.48. The second-order valence-corrected chi connectivity index (χ2v) is 7.73. The van der Waals surface area contributed by atoms with Crippen LogP contribution in [-0.2, 0) is 33.4 Å². The molecule has 8 nitrogen and oxygen atoms in total. The van der Waals surface area contributed by atoms with Crippen LogP contribution in [-0.4, -0.2) is 67.0 Å². The van der Waals surface area contributed by atoms with Crippen molar-refractivity contribution < 1.29 is 33.4 Å². The summed E-state index contributed by atoms with van der Waals surface area (Å²) in [5.74, 6) is -2.95. The Morgan fingerprint density at radius 2 is 2.03 bits per heavy atom. The molecule has 2 bridgehead atoms. The lowest BCUT2D eigenvalue weighted by Gasteiger charge is -2.34. The zero-order valence-electron chi connectivity index (χ0n) is 17.6. The number of Topliss-reactive ketones (excluding diaryl/α,β-unsaturated/α-hetero) is 1. The molecule has 0 aromatic rings. The van der Waals surface area contributed by atoms with Gasteiger partial charge >= 0.3 is 17.9 Å². The van der Waals surface area contributed by atoms with Crippen LogP contribution in [0.2, 0.25) is 0 Å². The van der Waals surface area contributed by atoms with Crippen LogP contribution in [0.15, 0.2) is 23.3 Å². The molecule has 2 rings (SSSR count). The summed E-state index contributed by atoms with van der Waals surface area (Å²) in [5.41, 5.74) is -1.05. The fourth-order valence-electron chi connectivity index (χ4n) is 3.35. The Balaban J connectivity index is 2.48. The number of rotatable bonds is 1. The predicted octanol–water partition coefficient (Wildman–Crippen LogP) is 1.58. The van der Waals surface area contributed by atoms with Crippen molar-refractivity contribution in [3.05, 3.63) is 23.3 Å². The summed E-state index contributed by atoms with van der Waals surface area (Å²) in [6, 6.07) is 0. The van der Waals surface area contributed by atoms with Crippen molar-refractivity contribution in [2.75, 3.05) is 26.7 Å². The van der Waals surface area contributed by atoms with Crippen LogP contribution in [0.5, 0.6) is 0 Å². The number of ether oxygens (including phenoxy) is 3. The highest BCUT2D eigenvalue weighted by atomic mass is 16.6. The standard InChI is InChI=1S/C21H29NO7/c1-6-15-11-13(2)21(4,29-14(3)23)20(26)27-12-16-7-9-22(5)10-8-17(18(16)24)28-19(15)25/h6-7,13,17H,8-12H2,1-5H3/b15-6+,16-7-/t13-,17-,21+/m0/s1. The maximum absolute atomic E-state index is 12.9. The van der Waals surface area contributed by atoms with Crippen molar-refractivity contribution in [1.29, 1.82) is 0 Å². The lowest BCUT2D eigenvalue weighted by Crippen LogP contribution is -2.48. The third-order valence-corrected chi connectivity index (χ3v) is 5.48. The number of likely N-dealkylation sites (N-methyl/N-ethyl adjacent to an activating group) is 1. The number of ketones is 1. The number of nitrogens with zero attached hydrogens (tertiary/aromatic N) is 1. The molecular formula is C21H29NO7. The monoisotopic (exact) mass is 407 g/mol. The summed E-state index contributed by atoms with van der Waals surface area (Å²) in [5, 5.41) is 0. The van der Waals surface area contributed by atoms with Gasteiger partial charge in [-0.2, -0.15) is 0 Å². The van der Waals surface area contributed by atoms with Crippen LogP contribution in [0.25, 0.3) is 0 Å². The van der Waals surface area contributed by atoms with E-state index in [1.165, 1.54) is 13.8 Å². The van der Waals surface area contributed by atoms with E-state index in [4.69, 9.17) is 14.2 Å². The summed E-state index contributed by atoms with van der Waals surface area (Å²) in [4.78, 5) is 52.1. The average molecular weight is 407 g/mol. The van der Waals surface area contributed by atoms with Crippen molar-refractivity contribution in [3.63, 3.8) is 0 Å². The van der Waals surface area contributed by atoms with Gasteiger partial charge in [-0.1, -0.05) is 19.1 Å². The van der Waals surface area contributed by atoms with Crippen LogP contribution in [0.1, 0.15) is 40.5 Å². The average Bonchev–Trinajstić information content (AvgIpc) is 2.65. The van der Waals surface area contributed by atoms with Gasteiger partial charge in [0.05, 0.1) is 0 Å². The molecule has 0 N–H and O–H groups in total.